The van der Waals surface area contributed by atoms with Crippen molar-refractivity contribution in [1.82, 2.24) is 4.90 Å². The van der Waals surface area contributed by atoms with Crippen molar-refractivity contribution in [3.05, 3.63) is 42.7 Å². The third kappa shape index (κ3) is 3.42. The fourth-order valence-electron chi connectivity index (χ4n) is 2.63. The molecule has 3 nitrogen and oxygen atoms in total. The molecule has 3 rings (SSSR count). The molecule has 1 fully saturated rings. The van der Waals surface area contributed by atoms with Gasteiger partial charge in [0, 0.05) is 12.1 Å². The summed E-state index contributed by atoms with van der Waals surface area (Å²) in [7, 11) is 0. The van der Waals surface area contributed by atoms with Crippen molar-refractivity contribution in [1.29, 1.82) is 0 Å². The molecule has 3 heteroatoms. The molecule has 0 N–H and O–H groups in total. The van der Waals surface area contributed by atoms with Crippen LogP contribution in [-0.4, -0.2) is 31.1 Å². The average Bonchev–Trinajstić information content (AvgIpc) is 3.03. The molecule has 0 saturated carbocycles. The minimum Gasteiger partial charge on any atom is -0.492 e. The lowest BCUT2D eigenvalue weighted by Crippen LogP contribution is -2.33. The Bertz CT molecular complexity index is 498. The Morgan fingerprint density at radius 1 is 1.00 bits per heavy atom. The van der Waals surface area contributed by atoms with E-state index in [0.29, 0.717) is 0 Å². The summed E-state index contributed by atoms with van der Waals surface area (Å²) in [4.78, 5) is 2.49. The molecule has 1 aliphatic heterocycles. The van der Waals surface area contributed by atoms with Crippen LogP contribution >= 0.6 is 0 Å². The van der Waals surface area contributed by atoms with E-state index in [0.717, 1.165) is 30.2 Å². The van der Waals surface area contributed by atoms with Crippen molar-refractivity contribution in [3.63, 3.8) is 0 Å². The van der Waals surface area contributed by atoms with Crippen LogP contribution in [0.4, 0.5) is 0 Å². The molecule has 0 aliphatic carbocycles. The Morgan fingerprint density at radius 3 is 2.50 bits per heavy atom. The fraction of sp³-hybridized carbons (Fsp3) is 0.412. The molecule has 1 saturated heterocycles. The molecule has 0 unspecified atom stereocenters. The van der Waals surface area contributed by atoms with Gasteiger partial charge < -0.3 is 9.15 Å². The Labute approximate surface area is 120 Å². The molecule has 1 aromatic heterocycles. The van der Waals surface area contributed by atoms with Gasteiger partial charge in [-0.05, 0) is 62.3 Å². The number of ether oxygens (including phenoxy) is 1. The van der Waals surface area contributed by atoms with Gasteiger partial charge in [-0.1, -0.05) is 6.42 Å². The summed E-state index contributed by atoms with van der Waals surface area (Å²) in [5.74, 6) is 1.82. The standard InChI is InChI=1S/C17H21NO2/c1-2-10-18(11-3-1)12-14-19-16-8-6-15(7-9-16)17-5-4-13-20-17/h4-9,13H,1-3,10-12,14H2. The first kappa shape index (κ1) is 13.3. The molecule has 0 atom stereocenters. The van der Waals surface area contributed by atoms with Crippen LogP contribution in [0.5, 0.6) is 5.75 Å². The van der Waals surface area contributed by atoms with E-state index in [1.807, 2.05) is 36.4 Å². The lowest BCUT2D eigenvalue weighted by Gasteiger charge is -2.26. The molecular formula is C17H21NO2. The first-order valence-electron chi connectivity index (χ1n) is 7.41. The minimum atomic E-state index is 0.764. The van der Waals surface area contributed by atoms with Crippen molar-refractivity contribution in [2.24, 2.45) is 0 Å². The Balaban J connectivity index is 1.48. The van der Waals surface area contributed by atoms with Gasteiger partial charge in [0.05, 0.1) is 6.26 Å². The number of rotatable bonds is 5. The number of hydrogen-bond donors (Lipinski definition) is 0. The number of likely N-dealkylation sites (tertiary alicyclic amines) is 1. The topological polar surface area (TPSA) is 25.6 Å². The highest BCUT2D eigenvalue weighted by Crippen LogP contribution is 2.22. The highest BCUT2D eigenvalue weighted by molar-refractivity contribution is 5.58. The zero-order valence-corrected chi connectivity index (χ0v) is 11.8. The highest BCUT2D eigenvalue weighted by atomic mass is 16.5. The van der Waals surface area contributed by atoms with E-state index in [9.17, 15) is 0 Å². The van der Waals surface area contributed by atoms with Gasteiger partial charge >= 0.3 is 0 Å². The van der Waals surface area contributed by atoms with Gasteiger partial charge in [-0.15, -0.1) is 0 Å². The third-order valence-electron chi connectivity index (χ3n) is 3.78. The predicted octanol–water partition coefficient (Wildman–Crippen LogP) is 3.81. The first-order valence-corrected chi connectivity index (χ1v) is 7.41. The maximum absolute atomic E-state index is 5.81. The predicted molar refractivity (Wildman–Crippen MR) is 79.9 cm³/mol. The van der Waals surface area contributed by atoms with Crippen molar-refractivity contribution >= 4 is 0 Å². The number of benzene rings is 1. The Kier molecular flexibility index (Phi) is 4.38. The largest absolute Gasteiger partial charge is 0.492 e. The van der Waals surface area contributed by atoms with E-state index >= 15 is 0 Å². The lowest BCUT2D eigenvalue weighted by molar-refractivity contribution is 0.183. The van der Waals surface area contributed by atoms with Crippen LogP contribution in [0.1, 0.15) is 19.3 Å². The van der Waals surface area contributed by atoms with Crippen molar-refractivity contribution in [2.45, 2.75) is 19.3 Å². The molecular weight excluding hydrogens is 250 g/mol. The summed E-state index contributed by atoms with van der Waals surface area (Å²) in [5.41, 5.74) is 1.08. The molecule has 0 spiro atoms. The summed E-state index contributed by atoms with van der Waals surface area (Å²) < 4.78 is 11.2. The monoisotopic (exact) mass is 271 g/mol. The number of furan rings is 1. The summed E-state index contributed by atoms with van der Waals surface area (Å²) in [6.07, 6.45) is 5.74. The van der Waals surface area contributed by atoms with Crippen LogP contribution in [-0.2, 0) is 0 Å². The Hall–Kier alpha value is -1.74. The molecule has 0 amide bonds. The summed E-state index contributed by atoms with van der Waals surface area (Å²) >= 11 is 0. The molecule has 0 bridgehead atoms. The maximum Gasteiger partial charge on any atom is 0.133 e. The van der Waals surface area contributed by atoms with Gasteiger partial charge in [-0.2, -0.15) is 0 Å². The van der Waals surface area contributed by atoms with E-state index in [2.05, 4.69) is 4.90 Å². The van der Waals surface area contributed by atoms with Crippen LogP contribution in [0.25, 0.3) is 11.3 Å². The molecule has 2 aromatic rings. The van der Waals surface area contributed by atoms with Crippen molar-refractivity contribution < 1.29 is 9.15 Å². The van der Waals surface area contributed by atoms with Crippen LogP contribution in [0.3, 0.4) is 0 Å². The fourth-order valence-corrected chi connectivity index (χ4v) is 2.63. The van der Waals surface area contributed by atoms with Crippen LogP contribution < -0.4 is 4.74 Å². The van der Waals surface area contributed by atoms with Gasteiger partial charge in [0.1, 0.15) is 18.1 Å². The SMILES string of the molecule is c1coc(-c2ccc(OCCN3CCCCC3)cc2)c1. The number of nitrogens with zero attached hydrogens (tertiary/aromatic N) is 1. The summed E-state index contributed by atoms with van der Waals surface area (Å²) in [6, 6.07) is 12.0. The minimum absolute atomic E-state index is 0.764. The summed E-state index contributed by atoms with van der Waals surface area (Å²) in [5, 5.41) is 0. The zero-order valence-electron chi connectivity index (χ0n) is 11.8. The van der Waals surface area contributed by atoms with E-state index < -0.39 is 0 Å². The second kappa shape index (κ2) is 6.62. The van der Waals surface area contributed by atoms with Gasteiger partial charge in [-0.25, -0.2) is 0 Å². The second-order valence-electron chi connectivity index (χ2n) is 5.25. The van der Waals surface area contributed by atoms with E-state index in [1.165, 1.54) is 32.4 Å². The van der Waals surface area contributed by atoms with Gasteiger partial charge in [0.2, 0.25) is 0 Å². The van der Waals surface area contributed by atoms with Crippen molar-refractivity contribution in [2.75, 3.05) is 26.2 Å². The molecule has 1 aromatic carbocycles. The van der Waals surface area contributed by atoms with Crippen LogP contribution in [0.2, 0.25) is 0 Å². The zero-order chi connectivity index (χ0) is 13.6. The first-order chi connectivity index (χ1) is 9.92. The van der Waals surface area contributed by atoms with E-state index in [-0.39, 0.29) is 0 Å². The molecule has 1 aliphatic rings. The quantitative estimate of drug-likeness (QED) is 0.827. The smallest absolute Gasteiger partial charge is 0.133 e. The molecule has 2 heterocycles. The average molecular weight is 271 g/mol. The normalized spacial score (nSPS) is 16.2. The third-order valence-corrected chi connectivity index (χ3v) is 3.78. The molecule has 0 radical (unpaired) electrons. The van der Waals surface area contributed by atoms with Crippen LogP contribution in [0, 0.1) is 0 Å². The lowest BCUT2D eigenvalue weighted by atomic mass is 10.1. The van der Waals surface area contributed by atoms with Gasteiger partial charge in [0.25, 0.3) is 0 Å². The number of hydrogen-bond acceptors (Lipinski definition) is 3. The number of piperidine rings is 1. The highest BCUT2D eigenvalue weighted by Gasteiger charge is 2.09. The van der Waals surface area contributed by atoms with Gasteiger partial charge in [-0.3, -0.25) is 4.90 Å². The molecule has 106 valence electrons. The van der Waals surface area contributed by atoms with E-state index in [4.69, 9.17) is 9.15 Å². The molecule has 20 heavy (non-hydrogen) atoms. The van der Waals surface area contributed by atoms with Gasteiger partial charge in [0.15, 0.2) is 0 Å². The van der Waals surface area contributed by atoms with E-state index in [1.54, 1.807) is 6.26 Å². The Morgan fingerprint density at radius 2 is 1.80 bits per heavy atom. The second-order valence-corrected chi connectivity index (χ2v) is 5.25. The van der Waals surface area contributed by atoms with Crippen LogP contribution in [0.15, 0.2) is 47.1 Å². The summed E-state index contributed by atoms with van der Waals surface area (Å²) in [6.45, 7) is 4.24. The maximum atomic E-state index is 5.81. The van der Waals surface area contributed by atoms with Crippen molar-refractivity contribution in [3.8, 4) is 17.1 Å².